The van der Waals surface area contributed by atoms with Crippen molar-refractivity contribution in [1.82, 2.24) is 9.55 Å². The highest BCUT2D eigenvalue weighted by molar-refractivity contribution is 6.29. The quantitative estimate of drug-likeness (QED) is 0.751. The van der Waals surface area contributed by atoms with Gasteiger partial charge in [-0.1, -0.05) is 24.4 Å². The third-order valence-electron chi connectivity index (χ3n) is 3.66. The first-order chi connectivity index (χ1) is 9.20. The molecule has 0 atom stereocenters. The number of fused-ring (bicyclic) bond motifs is 1. The van der Waals surface area contributed by atoms with Crippen LogP contribution in [0.2, 0.25) is 5.15 Å². The molecule has 1 aliphatic carbocycles. The molecule has 1 saturated carbocycles. The van der Waals surface area contributed by atoms with Gasteiger partial charge in [-0.3, -0.25) is 9.36 Å². The molecule has 0 bridgehead atoms. The molecule has 96 valence electrons. The Morgan fingerprint density at radius 3 is 2.79 bits per heavy atom. The molecule has 0 radical (unpaired) electrons. The van der Waals surface area contributed by atoms with Gasteiger partial charge in [-0.2, -0.15) is 5.26 Å². The van der Waals surface area contributed by atoms with E-state index in [0.29, 0.717) is 10.8 Å². The fourth-order valence-corrected chi connectivity index (χ4v) is 2.91. The smallest absolute Gasteiger partial charge is 0.270 e. The van der Waals surface area contributed by atoms with Crippen molar-refractivity contribution in [2.75, 3.05) is 0 Å². The van der Waals surface area contributed by atoms with Gasteiger partial charge in [0, 0.05) is 11.4 Å². The molecule has 3 rings (SSSR count). The van der Waals surface area contributed by atoms with Gasteiger partial charge >= 0.3 is 0 Å². The number of nitrogens with zero attached hydrogens (tertiary/aromatic N) is 3. The SMILES string of the molecule is N#Cc1cc2ccc(Cl)nc2n(C2CCCC2)c1=O. The van der Waals surface area contributed by atoms with Crippen LogP contribution in [0.15, 0.2) is 23.0 Å². The van der Waals surface area contributed by atoms with Gasteiger partial charge in [0.15, 0.2) is 0 Å². The minimum Gasteiger partial charge on any atom is -0.288 e. The average Bonchev–Trinajstić information content (AvgIpc) is 2.91. The van der Waals surface area contributed by atoms with Gasteiger partial charge in [0.05, 0.1) is 0 Å². The van der Waals surface area contributed by atoms with Crippen molar-refractivity contribution in [3.05, 3.63) is 39.3 Å². The Morgan fingerprint density at radius 1 is 1.37 bits per heavy atom. The molecule has 2 aromatic rings. The molecule has 0 amide bonds. The van der Waals surface area contributed by atoms with Crippen molar-refractivity contribution >= 4 is 22.6 Å². The van der Waals surface area contributed by atoms with E-state index < -0.39 is 0 Å². The van der Waals surface area contributed by atoms with Crippen LogP contribution in [0.5, 0.6) is 0 Å². The Labute approximate surface area is 115 Å². The molecular formula is C14H12ClN3O. The Kier molecular flexibility index (Phi) is 3.00. The Hall–Kier alpha value is -1.86. The molecule has 0 aliphatic heterocycles. The monoisotopic (exact) mass is 273 g/mol. The lowest BCUT2D eigenvalue weighted by Crippen LogP contribution is -2.26. The number of hydrogen-bond donors (Lipinski definition) is 0. The number of aromatic nitrogens is 2. The fraction of sp³-hybridized carbons (Fsp3) is 0.357. The molecular weight excluding hydrogens is 262 g/mol. The van der Waals surface area contributed by atoms with E-state index in [9.17, 15) is 4.79 Å². The molecule has 0 spiro atoms. The number of hydrogen-bond acceptors (Lipinski definition) is 3. The number of rotatable bonds is 1. The van der Waals surface area contributed by atoms with Gasteiger partial charge in [-0.15, -0.1) is 0 Å². The van der Waals surface area contributed by atoms with E-state index in [-0.39, 0.29) is 17.2 Å². The van der Waals surface area contributed by atoms with Crippen molar-refractivity contribution < 1.29 is 0 Å². The number of nitriles is 1. The van der Waals surface area contributed by atoms with Crippen LogP contribution in [-0.4, -0.2) is 9.55 Å². The van der Waals surface area contributed by atoms with Crippen LogP contribution in [-0.2, 0) is 0 Å². The van der Waals surface area contributed by atoms with Crippen LogP contribution in [0.1, 0.15) is 37.3 Å². The zero-order valence-electron chi connectivity index (χ0n) is 10.3. The van der Waals surface area contributed by atoms with E-state index in [1.54, 1.807) is 22.8 Å². The third kappa shape index (κ3) is 2.00. The van der Waals surface area contributed by atoms with Crippen molar-refractivity contribution in [2.24, 2.45) is 0 Å². The van der Waals surface area contributed by atoms with E-state index in [2.05, 4.69) is 4.98 Å². The summed E-state index contributed by atoms with van der Waals surface area (Å²) in [5.74, 6) is 0. The minimum atomic E-state index is -0.253. The second-order valence-corrected chi connectivity index (χ2v) is 5.22. The van der Waals surface area contributed by atoms with E-state index in [0.717, 1.165) is 31.1 Å². The second kappa shape index (κ2) is 4.67. The van der Waals surface area contributed by atoms with Crippen LogP contribution in [0.3, 0.4) is 0 Å². The summed E-state index contributed by atoms with van der Waals surface area (Å²) in [7, 11) is 0. The zero-order chi connectivity index (χ0) is 13.4. The van der Waals surface area contributed by atoms with Crippen LogP contribution in [0, 0.1) is 11.3 Å². The Bertz CT molecular complexity index is 739. The summed E-state index contributed by atoms with van der Waals surface area (Å²) in [6.45, 7) is 0. The highest BCUT2D eigenvalue weighted by Gasteiger charge is 2.22. The summed E-state index contributed by atoms with van der Waals surface area (Å²) in [5.41, 5.74) is 0.503. The number of halogens is 1. The Balaban J connectivity index is 2.37. The maximum absolute atomic E-state index is 12.4. The topological polar surface area (TPSA) is 58.7 Å². The maximum atomic E-state index is 12.4. The lowest BCUT2D eigenvalue weighted by Gasteiger charge is -2.16. The van der Waals surface area contributed by atoms with E-state index in [1.165, 1.54) is 0 Å². The van der Waals surface area contributed by atoms with Gasteiger partial charge in [0.1, 0.15) is 22.4 Å². The highest BCUT2D eigenvalue weighted by atomic mass is 35.5. The van der Waals surface area contributed by atoms with E-state index in [1.807, 2.05) is 6.07 Å². The lowest BCUT2D eigenvalue weighted by atomic mass is 10.1. The normalized spacial score (nSPS) is 15.8. The van der Waals surface area contributed by atoms with Crippen LogP contribution in [0.25, 0.3) is 11.0 Å². The average molecular weight is 274 g/mol. The molecule has 1 fully saturated rings. The summed E-state index contributed by atoms with van der Waals surface area (Å²) >= 11 is 5.93. The van der Waals surface area contributed by atoms with Gasteiger partial charge in [0.2, 0.25) is 0 Å². The van der Waals surface area contributed by atoms with Crippen molar-refractivity contribution in [3.63, 3.8) is 0 Å². The standard InChI is InChI=1S/C14H12ClN3O/c15-12-6-5-9-7-10(8-16)14(19)18(13(9)17-12)11-3-1-2-4-11/h5-7,11H,1-4H2. The van der Waals surface area contributed by atoms with Crippen molar-refractivity contribution in [3.8, 4) is 6.07 Å². The summed E-state index contributed by atoms with van der Waals surface area (Å²) in [5, 5.41) is 10.2. The summed E-state index contributed by atoms with van der Waals surface area (Å²) in [4.78, 5) is 16.6. The molecule has 1 aliphatic rings. The van der Waals surface area contributed by atoms with Crippen molar-refractivity contribution in [2.45, 2.75) is 31.7 Å². The first kappa shape index (κ1) is 12.2. The fourth-order valence-electron chi connectivity index (χ4n) is 2.77. The summed E-state index contributed by atoms with van der Waals surface area (Å²) < 4.78 is 1.66. The molecule has 2 heterocycles. The van der Waals surface area contributed by atoms with Gasteiger partial charge in [0.25, 0.3) is 5.56 Å². The summed E-state index contributed by atoms with van der Waals surface area (Å²) in [6.07, 6.45) is 4.13. The molecule has 2 aromatic heterocycles. The largest absolute Gasteiger partial charge is 0.288 e. The molecule has 5 heteroatoms. The first-order valence-corrected chi connectivity index (χ1v) is 6.70. The first-order valence-electron chi connectivity index (χ1n) is 6.32. The molecule has 0 aromatic carbocycles. The second-order valence-electron chi connectivity index (χ2n) is 4.83. The predicted octanol–water partition coefficient (Wildman–Crippen LogP) is 3.04. The van der Waals surface area contributed by atoms with Crippen LogP contribution >= 0.6 is 11.6 Å². The van der Waals surface area contributed by atoms with Gasteiger partial charge in [-0.05, 0) is 31.0 Å². The minimum absolute atomic E-state index is 0.134. The number of pyridine rings is 2. The predicted molar refractivity (Wildman–Crippen MR) is 73.2 cm³/mol. The third-order valence-corrected chi connectivity index (χ3v) is 3.87. The van der Waals surface area contributed by atoms with Crippen molar-refractivity contribution in [1.29, 1.82) is 5.26 Å². The maximum Gasteiger partial charge on any atom is 0.270 e. The molecule has 4 nitrogen and oxygen atoms in total. The summed E-state index contributed by atoms with van der Waals surface area (Å²) in [6, 6.07) is 7.17. The molecule has 0 N–H and O–H groups in total. The highest BCUT2D eigenvalue weighted by Crippen LogP contribution is 2.30. The zero-order valence-corrected chi connectivity index (χ0v) is 11.0. The van der Waals surface area contributed by atoms with Gasteiger partial charge in [-0.25, -0.2) is 4.98 Å². The van der Waals surface area contributed by atoms with Crippen LogP contribution < -0.4 is 5.56 Å². The molecule has 0 unspecified atom stereocenters. The van der Waals surface area contributed by atoms with E-state index >= 15 is 0 Å². The lowest BCUT2D eigenvalue weighted by molar-refractivity contribution is 0.515. The van der Waals surface area contributed by atoms with E-state index in [4.69, 9.17) is 16.9 Å². The van der Waals surface area contributed by atoms with Gasteiger partial charge < -0.3 is 0 Å². The van der Waals surface area contributed by atoms with Crippen LogP contribution in [0.4, 0.5) is 0 Å². The molecule has 0 saturated heterocycles. The molecule has 19 heavy (non-hydrogen) atoms. The Morgan fingerprint density at radius 2 is 2.11 bits per heavy atom.